The maximum Gasteiger partial charge on any atom is 0.277 e. The molecule has 0 atom stereocenters. The lowest BCUT2D eigenvalue weighted by Gasteiger charge is -2.07. The Morgan fingerprint density at radius 1 is 1.15 bits per heavy atom. The summed E-state index contributed by atoms with van der Waals surface area (Å²) >= 11 is 9.37. The van der Waals surface area contributed by atoms with Gasteiger partial charge in [0.25, 0.3) is 5.91 Å². The van der Waals surface area contributed by atoms with Crippen molar-refractivity contribution >= 4 is 39.1 Å². The van der Waals surface area contributed by atoms with Gasteiger partial charge in [-0.25, -0.2) is 0 Å². The fraction of sp³-hybridized carbons (Fsp3) is 0.278. The molecule has 2 aromatic heterocycles. The number of aromatic nitrogens is 4. The molecule has 2 heterocycles. The summed E-state index contributed by atoms with van der Waals surface area (Å²) in [5, 5.41) is 12.5. The summed E-state index contributed by atoms with van der Waals surface area (Å²) in [6, 6.07) is 7.63. The van der Waals surface area contributed by atoms with Gasteiger partial charge in [0.2, 0.25) is 0 Å². The van der Waals surface area contributed by atoms with Crippen LogP contribution in [0.3, 0.4) is 0 Å². The minimum atomic E-state index is -0.266. The van der Waals surface area contributed by atoms with Crippen molar-refractivity contribution < 1.29 is 4.79 Å². The van der Waals surface area contributed by atoms with E-state index < -0.39 is 0 Å². The predicted molar refractivity (Wildman–Crippen MR) is 106 cm³/mol. The number of nitrogens with one attached hydrogen (secondary N) is 1. The third-order valence-corrected chi connectivity index (χ3v) is 5.54. The molecule has 0 saturated heterocycles. The Bertz CT molecular complexity index is 975. The van der Waals surface area contributed by atoms with E-state index in [1.54, 1.807) is 11.7 Å². The number of aryl methyl sites for hydroxylation is 2. The van der Waals surface area contributed by atoms with Crippen molar-refractivity contribution in [2.75, 3.05) is 5.32 Å². The molecule has 1 N–H and O–H groups in total. The Morgan fingerprint density at radius 2 is 1.81 bits per heavy atom. The van der Waals surface area contributed by atoms with Gasteiger partial charge in [0.15, 0.2) is 5.69 Å². The summed E-state index contributed by atoms with van der Waals surface area (Å²) in [6.07, 6.45) is 0. The standard InChI is InChI=1S/C18H19BrClN5O/c1-10-16(21-18(26)17-15(19)11(2)24(4)23-17)12(3)25(22-10)9-13-5-7-14(20)8-6-13/h5-8H,9H2,1-4H3,(H,21,26). The van der Waals surface area contributed by atoms with E-state index in [1.165, 1.54) is 0 Å². The van der Waals surface area contributed by atoms with Gasteiger partial charge in [-0.15, -0.1) is 0 Å². The Labute approximate surface area is 165 Å². The third kappa shape index (κ3) is 3.54. The highest BCUT2D eigenvalue weighted by atomic mass is 79.9. The molecule has 1 amide bonds. The highest BCUT2D eigenvalue weighted by Gasteiger charge is 2.21. The Morgan fingerprint density at radius 3 is 2.38 bits per heavy atom. The van der Waals surface area contributed by atoms with Gasteiger partial charge in [0.05, 0.1) is 33.8 Å². The van der Waals surface area contributed by atoms with Gasteiger partial charge >= 0.3 is 0 Å². The number of amides is 1. The largest absolute Gasteiger partial charge is 0.317 e. The zero-order chi connectivity index (χ0) is 19.0. The highest BCUT2D eigenvalue weighted by molar-refractivity contribution is 9.10. The molecule has 0 saturated carbocycles. The van der Waals surface area contributed by atoms with Crippen LogP contribution in [-0.2, 0) is 13.6 Å². The van der Waals surface area contributed by atoms with Crippen LogP contribution in [0.15, 0.2) is 28.7 Å². The quantitative estimate of drug-likeness (QED) is 0.664. The molecule has 26 heavy (non-hydrogen) atoms. The number of hydrogen-bond acceptors (Lipinski definition) is 3. The minimum absolute atomic E-state index is 0.266. The van der Waals surface area contributed by atoms with Crippen LogP contribution >= 0.6 is 27.5 Å². The molecule has 0 unspecified atom stereocenters. The first-order valence-electron chi connectivity index (χ1n) is 8.06. The fourth-order valence-corrected chi connectivity index (χ4v) is 3.34. The van der Waals surface area contributed by atoms with E-state index in [0.29, 0.717) is 27.4 Å². The first-order valence-corrected chi connectivity index (χ1v) is 9.24. The first-order chi connectivity index (χ1) is 12.3. The van der Waals surface area contributed by atoms with Crippen molar-refractivity contribution in [2.24, 2.45) is 7.05 Å². The van der Waals surface area contributed by atoms with Crippen LogP contribution in [0.5, 0.6) is 0 Å². The maximum absolute atomic E-state index is 12.6. The SMILES string of the molecule is Cc1nn(Cc2ccc(Cl)cc2)c(C)c1NC(=O)c1nn(C)c(C)c1Br. The van der Waals surface area contributed by atoms with Crippen LogP contribution in [0.1, 0.15) is 33.1 Å². The molecule has 0 bridgehead atoms. The van der Waals surface area contributed by atoms with Crippen LogP contribution in [0.2, 0.25) is 5.02 Å². The van der Waals surface area contributed by atoms with Gasteiger partial charge in [-0.2, -0.15) is 10.2 Å². The van der Waals surface area contributed by atoms with Gasteiger partial charge in [-0.1, -0.05) is 23.7 Å². The van der Waals surface area contributed by atoms with Gasteiger partial charge in [-0.3, -0.25) is 14.2 Å². The van der Waals surface area contributed by atoms with E-state index in [0.717, 1.165) is 22.6 Å². The molecule has 0 spiro atoms. The number of halogens is 2. The average molecular weight is 437 g/mol. The molecule has 0 aliphatic rings. The lowest BCUT2D eigenvalue weighted by Crippen LogP contribution is -2.15. The van der Waals surface area contributed by atoms with Crippen LogP contribution in [0.4, 0.5) is 5.69 Å². The number of carbonyl (C=O) groups is 1. The molecule has 1 aromatic carbocycles. The normalized spacial score (nSPS) is 11.0. The van der Waals surface area contributed by atoms with Gasteiger partial charge in [-0.05, 0) is 54.4 Å². The summed E-state index contributed by atoms with van der Waals surface area (Å²) in [7, 11) is 1.80. The number of benzene rings is 1. The van der Waals surface area contributed by atoms with Gasteiger partial charge < -0.3 is 5.32 Å². The second-order valence-electron chi connectivity index (χ2n) is 6.16. The smallest absolute Gasteiger partial charge is 0.277 e. The lowest BCUT2D eigenvalue weighted by molar-refractivity contribution is 0.102. The molecule has 6 nitrogen and oxygen atoms in total. The van der Waals surface area contributed by atoms with E-state index in [9.17, 15) is 4.79 Å². The summed E-state index contributed by atoms with van der Waals surface area (Å²) in [4.78, 5) is 12.6. The summed E-state index contributed by atoms with van der Waals surface area (Å²) in [5.74, 6) is -0.266. The van der Waals surface area contributed by atoms with Crippen molar-refractivity contribution in [3.8, 4) is 0 Å². The first kappa shape index (κ1) is 18.7. The molecule has 0 aliphatic heterocycles. The van der Waals surface area contributed by atoms with Gasteiger partial charge in [0.1, 0.15) is 0 Å². The monoisotopic (exact) mass is 435 g/mol. The van der Waals surface area contributed by atoms with Crippen LogP contribution in [0.25, 0.3) is 0 Å². The average Bonchev–Trinajstić information content (AvgIpc) is 3.01. The molecule has 3 aromatic rings. The Hall–Kier alpha value is -2.12. The predicted octanol–water partition coefficient (Wildman–Crippen LogP) is 4.26. The van der Waals surface area contributed by atoms with Crippen LogP contribution in [-0.4, -0.2) is 25.5 Å². The second-order valence-corrected chi connectivity index (χ2v) is 7.39. The van der Waals surface area contributed by atoms with E-state index in [1.807, 2.05) is 49.7 Å². The van der Waals surface area contributed by atoms with Gasteiger partial charge in [0, 0.05) is 12.1 Å². The van der Waals surface area contributed by atoms with Crippen LogP contribution in [0, 0.1) is 20.8 Å². The molecule has 3 rings (SSSR count). The number of anilines is 1. The zero-order valence-corrected chi connectivity index (χ0v) is 17.3. The number of hydrogen-bond donors (Lipinski definition) is 1. The van der Waals surface area contributed by atoms with Crippen LogP contribution < -0.4 is 5.32 Å². The number of nitrogens with zero attached hydrogens (tertiary/aromatic N) is 4. The van der Waals surface area contributed by atoms with E-state index in [-0.39, 0.29) is 5.91 Å². The van der Waals surface area contributed by atoms with E-state index in [4.69, 9.17) is 11.6 Å². The topological polar surface area (TPSA) is 64.7 Å². The maximum atomic E-state index is 12.6. The molecular formula is C18H19BrClN5O. The zero-order valence-electron chi connectivity index (χ0n) is 15.0. The molecule has 8 heteroatoms. The third-order valence-electron chi connectivity index (χ3n) is 4.34. The van der Waals surface area contributed by atoms with Crippen molar-refractivity contribution in [1.29, 1.82) is 0 Å². The minimum Gasteiger partial charge on any atom is -0.317 e. The summed E-state index contributed by atoms with van der Waals surface area (Å²) in [5.41, 5.74) is 4.68. The van der Waals surface area contributed by atoms with Crippen molar-refractivity contribution in [2.45, 2.75) is 27.3 Å². The lowest BCUT2D eigenvalue weighted by atomic mass is 10.2. The summed E-state index contributed by atoms with van der Waals surface area (Å²) in [6.45, 7) is 6.31. The molecule has 0 aliphatic carbocycles. The molecule has 0 radical (unpaired) electrons. The molecular weight excluding hydrogens is 418 g/mol. The van der Waals surface area contributed by atoms with Crippen molar-refractivity contribution in [3.05, 3.63) is 62.1 Å². The molecule has 0 fully saturated rings. The van der Waals surface area contributed by atoms with Crippen molar-refractivity contribution in [1.82, 2.24) is 19.6 Å². The molecule has 136 valence electrons. The Kier molecular flexibility index (Phi) is 5.20. The van der Waals surface area contributed by atoms with E-state index >= 15 is 0 Å². The Balaban J connectivity index is 1.84. The fourth-order valence-electron chi connectivity index (χ4n) is 2.69. The number of rotatable bonds is 4. The van der Waals surface area contributed by atoms with Crippen molar-refractivity contribution in [3.63, 3.8) is 0 Å². The summed E-state index contributed by atoms with van der Waals surface area (Å²) < 4.78 is 4.23. The highest BCUT2D eigenvalue weighted by Crippen LogP contribution is 2.24. The number of carbonyl (C=O) groups excluding carboxylic acids is 1. The second kappa shape index (κ2) is 7.25. The van der Waals surface area contributed by atoms with E-state index in [2.05, 4.69) is 31.4 Å².